The van der Waals surface area contributed by atoms with E-state index in [1.807, 2.05) is 24.4 Å². The Bertz CT molecular complexity index is 864. The molecule has 1 fully saturated rings. The van der Waals surface area contributed by atoms with Gasteiger partial charge in [-0.25, -0.2) is 4.98 Å². The van der Waals surface area contributed by atoms with Crippen LogP contribution in [0.15, 0.2) is 53.2 Å². The van der Waals surface area contributed by atoms with E-state index in [4.69, 9.17) is 9.26 Å². The van der Waals surface area contributed by atoms with E-state index < -0.39 is 0 Å². The Labute approximate surface area is 165 Å². The summed E-state index contributed by atoms with van der Waals surface area (Å²) in [5.41, 5.74) is 2.19. The van der Waals surface area contributed by atoms with Crippen molar-refractivity contribution in [2.75, 3.05) is 31.7 Å². The number of benzene rings is 1. The Kier molecular flexibility index (Phi) is 5.97. The molecule has 6 heteroatoms. The molecule has 3 heterocycles. The summed E-state index contributed by atoms with van der Waals surface area (Å²) in [6, 6.07) is 14.5. The maximum Gasteiger partial charge on any atom is 0.259 e. The minimum absolute atomic E-state index is 0.535. The highest BCUT2D eigenvalue weighted by Crippen LogP contribution is 2.24. The smallest absolute Gasteiger partial charge is 0.259 e. The third kappa shape index (κ3) is 4.57. The third-order valence-electron chi connectivity index (χ3n) is 5.18. The molecule has 1 saturated heterocycles. The Morgan fingerprint density at radius 3 is 2.82 bits per heavy atom. The lowest BCUT2D eigenvalue weighted by atomic mass is 10.1. The maximum atomic E-state index is 5.44. The minimum atomic E-state index is 0.535. The molecule has 1 aromatic carbocycles. The van der Waals surface area contributed by atoms with Crippen LogP contribution in [0.25, 0.3) is 11.5 Å². The molecule has 4 rings (SSSR count). The molecule has 0 spiro atoms. The topological polar surface area (TPSA) is 64.3 Å². The number of hydrogen-bond acceptors (Lipinski definition) is 6. The first-order valence-electron chi connectivity index (χ1n) is 9.88. The SMILES string of the molecule is COCC1CCN(c2ccc(-c3nc(CCCc4ccccc4)no3)cn2)C1. The zero-order chi connectivity index (χ0) is 19.2. The molecule has 0 saturated carbocycles. The van der Waals surface area contributed by atoms with Crippen molar-refractivity contribution in [3.63, 3.8) is 0 Å². The summed E-state index contributed by atoms with van der Waals surface area (Å²) < 4.78 is 10.7. The summed E-state index contributed by atoms with van der Waals surface area (Å²) in [5, 5.41) is 4.12. The largest absolute Gasteiger partial charge is 0.384 e. The second kappa shape index (κ2) is 8.97. The number of aryl methyl sites for hydroxylation is 2. The van der Waals surface area contributed by atoms with Crippen molar-refractivity contribution in [1.82, 2.24) is 15.1 Å². The zero-order valence-corrected chi connectivity index (χ0v) is 16.3. The fraction of sp³-hybridized carbons (Fsp3) is 0.409. The van der Waals surface area contributed by atoms with Crippen molar-refractivity contribution < 1.29 is 9.26 Å². The van der Waals surface area contributed by atoms with Gasteiger partial charge in [0.15, 0.2) is 5.82 Å². The summed E-state index contributed by atoms with van der Waals surface area (Å²) in [5.74, 6) is 2.86. The molecule has 3 aromatic rings. The molecule has 1 aliphatic heterocycles. The van der Waals surface area contributed by atoms with Crippen LogP contribution in [0.2, 0.25) is 0 Å². The van der Waals surface area contributed by atoms with Gasteiger partial charge in [-0.15, -0.1) is 0 Å². The van der Waals surface area contributed by atoms with E-state index in [9.17, 15) is 0 Å². The average molecular weight is 378 g/mol. The molecule has 0 amide bonds. The summed E-state index contributed by atoms with van der Waals surface area (Å²) in [6.07, 6.45) is 5.78. The monoisotopic (exact) mass is 378 g/mol. The molecule has 1 unspecified atom stereocenters. The van der Waals surface area contributed by atoms with Gasteiger partial charge in [-0.1, -0.05) is 35.5 Å². The fourth-order valence-electron chi connectivity index (χ4n) is 3.68. The number of methoxy groups -OCH3 is 1. The van der Waals surface area contributed by atoms with Crippen LogP contribution in [-0.2, 0) is 17.6 Å². The number of nitrogens with zero attached hydrogens (tertiary/aromatic N) is 4. The highest BCUT2D eigenvalue weighted by Gasteiger charge is 2.23. The molecule has 0 radical (unpaired) electrons. The summed E-state index contributed by atoms with van der Waals surface area (Å²) >= 11 is 0. The molecule has 1 aliphatic rings. The van der Waals surface area contributed by atoms with Crippen molar-refractivity contribution in [3.8, 4) is 11.5 Å². The molecule has 28 heavy (non-hydrogen) atoms. The van der Waals surface area contributed by atoms with E-state index in [2.05, 4.69) is 44.3 Å². The van der Waals surface area contributed by atoms with E-state index in [-0.39, 0.29) is 0 Å². The van der Waals surface area contributed by atoms with Crippen molar-refractivity contribution >= 4 is 5.82 Å². The maximum absolute atomic E-state index is 5.44. The molecule has 1 atom stereocenters. The molecule has 6 nitrogen and oxygen atoms in total. The van der Waals surface area contributed by atoms with Crippen LogP contribution in [0.3, 0.4) is 0 Å². The number of aromatic nitrogens is 3. The van der Waals surface area contributed by atoms with E-state index in [1.54, 1.807) is 7.11 Å². The first-order valence-corrected chi connectivity index (χ1v) is 9.88. The van der Waals surface area contributed by atoms with E-state index in [1.165, 1.54) is 5.56 Å². The third-order valence-corrected chi connectivity index (χ3v) is 5.18. The van der Waals surface area contributed by atoms with Gasteiger partial charge >= 0.3 is 0 Å². The van der Waals surface area contributed by atoms with Gasteiger partial charge in [0.2, 0.25) is 0 Å². The summed E-state index contributed by atoms with van der Waals surface area (Å²) in [7, 11) is 1.76. The lowest BCUT2D eigenvalue weighted by molar-refractivity contribution is 0.161. The average Bonchev–Trinajstić information content (AvgIpc) is 3.39. The van der Waals surface area contributed by atoms with Gasteiger partial charge in [-0.3, -0.25) is 0 Å². The summed E-state index contributed by atoms with van der Waals surface area (Å²) in [4.78, 5) is 11.4. The highest BCUT2D eigenvalue weighted by molar-refractivity contribution is 5.54. The second-order valence-corrected chi connectivity index (χ2v) is 7.32. The molecular weight excluding hydrogens is 352 g/mol. The first kappa shape index (κ1) is 18.6. The van der Waals surface area contributed by atoms with Crippen LogP contribution in [0.4, 0.5) is 5.82 Å². The predicted octanol–water partition coefficient (Wildman–Crippen LogP) is 3.78. The Balaban J connectivity index is 1.32. The van der Waals surface area contributed by atoms with Crippen LogP contribution in [0.5, 0.6) is 0 Å². The van der Waals surface area contributed by atoms with Gasteiger partial charge in [0.1, 0.15) is 5.82 Å². The van der Waals surface area contributed by atoms with Gasteiger partial charge in [-0.05, 0) is 37.0 Å². The Morgan fingerprint density at radius 2 is 2.04 bits per heavy atom. The Morgan fingerprint density at radius 1 is 1.14 bits per heavy atom. The molecule has 0 aliphatic carbocycles. The molecule has 0 bridgehead atoms. The number of rotatable bonds is 8. The number of hydrogen-bond donors (Lipinski definition) is 0. The van der Waals surface area contributed by atoms with Gasteiger partial charge in [0.25, 0.3) is 5.89 Å². The molecular formula is C22H26N4O2. The van der Waals surface area contributed by atoms with Crippen LogP contribution < -0.4 is 4.90 Å². The minimum Gasteiger partial charge on any atom is -0.384 e. The van der Waals surface area contributed by atoms with E-state index in [0.717, 1.165) is 62.6 Å². The fourth-order valence-corrected chi connectivity index (χ4v) is 3.68. The van der Waals surface area contributed by atoms with E-state index in [0.29, 0.717) is 11.8 Å². The van der Waals surface area contributed by atoms with Gasteiger partial charge in [-0.2, -0.15) is 4.98 Å². The molecule has 146 valence electrons. The number of pyridine rings is 1. The van der Waals surface area contributed by atoms with Gasteiger partial charge in [0, 0.05) is 38.7 Å². The van der Waals surface area contributed by atoms with Crippen LogP contribution in [-0.4, -0.2) is 41.9 Å². The van der Waals surface area contributed by atoms with Crippen molar-refractivity contribution in [2.45, 2.75) is 25.7 Å². The number of anilines is 1. The quantitative estimate of drug-likeness (QED) is 0.594. The molecule has 0 N–H and O–H groups in total. The predicted molar refractivity (Wildman–Crippen MR) is 108 cm³/mol. The van der Waals surface area contributed by atoms with Crippen LogP contribution in [0, 0.1) is 5.92 Å². The lowest BCUT2D eigenvalue weighted by Gasteiger charge is -2.17. The van der Waals surface area contributed by atoms with Crippen molar-refractivity contribution in [2.24, 2.45) is 5.92 Å². The normalized spacial score (nSPS) is 16.6. The summed E-state index contributed by atoms with van der Waals surface area (Å²) in [6.45, 7) is 2.82. The molecule has 2 aromatic heterocycles. The van der Waals surface area contributed by atoms with Crippen LogP contribution in [0.1, 0.15) is 24.2 Å². The van der Waals surface area contributed by atoms with Crippen molar-refractivity contribution in [3.05, 3.63) is 60.0 Å². The van der Waals surface area contributed by atoms with Gasteiger partial charge in [0.05, 0.1) is 12.2 Å². The number of ether oxygens (including phenoxy) is 1. The zero-order valence-electron chi connectivity index (χ0n) is 16.3. The lowest BCUT2D eigenvalue weighted by Crippen LogP contribution is -2.21. The van der Waals surface area contributed by atoms with Crippen molar-refractivity contribution in [1.29, 1.82) is 0 Å². The van der Waals surface area contributed by atoms with Crippen LogP contribution >= 0.6 is 0 Å². The second-order valence-electron chi connectivity index (χ2n) is 7.32. The highest BCUT2D eigenvalue weighted by atomic mass is 16.5. The Hall–Kier alpha value is -2.73. The van der Waals surface area contributed by atoms with Gasteiger partial charge < -0.3 is 14.2 Å². The standard InChI is InChI=1S/C22H26N4O2/c1-27-16-18-12-13-26(15-18)21-11-10-19(14-23-21)22-24-20(25-28-22)9-5-8-17-6-3-2-4-7-17/h2-4,6-7,10-11,14,18H,5,8-9,12-13,15-16H2,1H3. The van der Waals surface area contributed by atoms with E-state index >= 15 is 0 Å². The first-order chi connectivity index (χ1) is 13.8.